The number of nitrogens with zero attached hydrogens (tertiary/aromatic N) is 1. The molecule has 138 valence electrons. The maximum absolute atomic E-state index is 12.0. The molecule has 6 heteroatoms. The molecule has 3 aromatic rings. The summed E-state index contributed by atoms with van der Waals surface area (Å²) in [6, 6.07) is 20.2. The van der Waals surface area contributed by atoms with E-state index in [0.717, 1.165) is 11.1 Å². The Kier molecular flexibility index (Phi) is 6.38. The van der Waals surface area contributed by atoms with Gasteiger partial charge in [0.25, 0.3) is 0 Å². The Balaban J connectivity index is 1.45. The fourth-order valence-corrected chi connectivity index (χ4v) is 2.48. The summed E-state index contributed by atoms with van der Waals surface area (Å²) >= 11 is 0. The Labute approximate surface area is 158 Å². The first-order valence-electron chi connectivity index (χ1n) is 8.68. The van der Waals surface area contributed by atoms with Crippen molar-refractivity contribution in [2.45, 2.75) is 12.6 Å². The summed E-state index contributed by atoms with van der Waals surface area (Å²) < 4.78 is 5.73. The van der Waals surface area contributed by atoms with Crippen LogP contribution in [0.25, 0.3) is 0 Å². The van der Waals surface area contributed by atoms with Gasteiger partial charge in [-0.15, -0.1) is 0 Å². The number of nitrogens with one attached hydrogen (secondary N) is 2. The zero-order valence-electron chi connectivity index (χ0n) is 14.8. The molecule has 0 saturated carbocycles. The number of carbonyl (C=O) groups excluding carboxylic acids is 1. The van der Waals surface area contributed by atoms with Gasteiger partial charge in [-0.1, -0.05) is 36.4 Å². The molecule has 0 radical (unpaired) electrons. The highest BCUT2D eigenvalue weighted by atomic mass is 16.5. The molecule has 0 aliphatic carbocycles. The van der Waals surface area contributed by atoms with Gasteiger partial charge in [0.1, 0.15) is 12.4 Å². The van der Waals surface area contributed by atoms with E-state index < -0.39 is 0 Å². The largest absolute Gasteiger partial charge is 0.492 e. The Hall–Kier alpha value is -3.38. The second-order valence-corrected chi connectivity index (χ2v) is 6.02. The number of anilines is 1. The zero-order valence-corrected chi connectivity index (χ0v) is 14.8. The van der Waals surface area contributed by atoms with Gasteiger partial charge >= 0.3 is 6.03 Å². The second kappa shape index (κ2) is 9.35. The minimum absolute atomic E-state index is 0.192. The maximum atomic E-state index is 12.0. The van der Waals surface area contributed by atoms with E-state index in [9.17, 15) is 4.79 Å². The van der Waals surface area contributed by atoms with Gasteiger partial charge in [-0.05, 0) is 41.5 Å². The lowest BCUT2D eigenvalue weighted by molar-refractivity contribution is 0.251. The fraction of sp³-hybridized carbons (Fsp3) is 0.143. The molecule has 1 atom stereocenters. The Morgan fingerprint density at radius 2 is 1.81 bits per heavy atom. The summed E-state index contributed by atoms with van der Waals surface area (Å²) in [5.74, 6) is 0.697. The fourth-order valence-electron chi connectivity index (χ4n) is 2.48. The molecule has 0 saturated heterocycles. The minimum Gasteiger partial charge on any atom is -0.492 e. The number of hydrogen-bond acceptors (Lipinski definition) is 4. The minimum atomic E-state index is -0.279. The topological polar surface area (TPSA) is 89.3 Å². The van der Waals surface area contributed by atoms with Gasteiger partial charge in [-0.25, -0.2) is 4.79 Å². The van der Waals surface area contributed by atoms with E-state index in [-0.39, 0.29) is 12.1 Å². The molecular formula is C21H22N4O2. The normalized spacial score (nSPS) is 11.4. The second-order valence-electron chi connectivity index (χ2n) is 6.02. The summed E-state index contributed by atoms with van der Waals surface area (Å²) in [5, 5.41) is 5.56. The van der Waals surface area contributed by atoms with Crippen LogP contribution in [0.1, 0.15) is 17.2 Å². The molecule has 4 N–H and O–H groups in total. The molecule has 27 heavy (non-hydrogen) atoms. The smallest absolute Gasteiger partial charge is 0.319 e. The van der Waals surface area contributed by atoms with Gasteiger partial charge in [0.15, 0.2) is 0 Å². The molecule has 6 nitrogen and oxygen atoms in total. The van der Waals surface area contributed by atoms with Crippen LogP contribution in [0.4, 0.5) is 10.5 Å². The molecule has 0 unspecified atom stereocenters. The van der Waals surface area contributed by atoms with Gasteiger partial charge in [0.05, 0.1) is 6.04 Å². The van der Waals surface area contributed by atoms with Crippen LogP contribution in [-0.4, -0.2) is 17.6 Å². The van der Waals surface area contributed by atoms with Crippen molar-refractivity contribution in [2.24, 2.45) is 5.73 Å². The Morgan fingerprint density at radius 3 is 2.52 bits per heavy atom. The third-order valence-electron chi connectivity index (χ3n) is 3.95. The number of pyridine rings is 1. The Morgan fingerprint density at radius 1 is 1.04 bits per heavy atom. The first-order chi connectivity index (χ1) is 13.2. The predicted molar refractivity (Wildman–Crippen MR) is 105 cm³/mol. The van der Waals surface area contributed by atoms with Crippen LogP contribution in [-0.2, 0) is 6.54 Å². The monoisotopic (exact) mass is 362 g/mol. The summed E-state index contributed by atoms with van der Waals surface area (Å²) in [4.78, 5) is 16.0. The van der Waals surface area contributed by atoms with Crippen molar-refractivity contribution in [3.8, 4) is 5.75 Å². The molecular weight excluding hydrogens is 340 g/mol. The van der Waals surface area contributed by atoms with Crippen molar-refractivity contribution in [1.29, 1.82) is 0 Å². The van der Waals surface area contributed by atoms with Crippen LogP contribution in [0.15, 0.2) is 79.1 Å². The quantitative estimate of drug-likeness (QED) is 0.600. The first kappa shape index (κ1) is 18.4. The van der Waals surface area contributed by atoms with Crippen LogP contribution < -0.4 is 21.1 Å². The number of hydrogen-bond donors (Lipinski definition) is 3. The molecule has 0 spiro atoms. The van der Waals surface area contributed by atoms with Crippen LogP contribution in [0.2, 0.25) is 0 Å². The Bertz CT molecular complexity index is 839. The third kappa shape index (κ3) is 5.83. The van der Waals surface area contributed by atoms with E-state index in [0.29, 0.717) is 24.6 Å². The van der Waals surface area contributed by atoms with Gasteiger partial charge in [-0.3, -0.25) is 4.98 Å². The summed E-state index contributed by atoms with van der Waals surface area (Å²) in [5.41, 5.74) is 8.77. The van der Waals surface area contributed by atoms with Crippen molar-refractivity contribution in [1.82, 2.24) is 10.3 Å². The third-order valence-corrected chi connectivity index (χ3v) is 3.95. The van der Waals surface area contributed by atoms with Crippen LogP contribution in [0.3, 0.4) is 0 Å². The summed E-state index contributed by atoms with van der Waals surface area (Å²) in [6.07, 6.45) is 3.41. The zero-order chi connectivity index (χ0) is 18.9. The SMILES string of the molecule is N[C@H](COc1ccc(NC(=O)NCc2cccnc2)cc1)c1ccccc1. The molecule has 0 bridgehead atoms. The van der Waals surface area contributed by atoms with E-state index >= 15 is 0 Å². The molecule has 0 aliphatic heterocycles. The number of amides is 2. The number of carbonyl (C=O) groups is 1. The number of aromatic nitrogens is 1. The highest BCUT2D eigenvalue weighted by Crippen LogP contribution is 2.18. The average Bonchev–Trinajstić information content (AvgIpc) is 2.73. The average molecular weight is 362 g/mol. The van der Waals surface area contributed by atoms with Crippen molar-refractivity contribution >= 4 is 11.7 Å². The van der Waals surface area contributed by atoms with Gasteiger partial charge in [0.2, 0.25) is 0 Å². The summed E-state index contributed by atoms with van der Waals surface area (Å²) in [6.45, 7) is 0.792. The van der Waals surface area contributed by atoms with Crippen molar-refractivity contribution in [2.75, 3.05) is 11.9 Å². The number of nitrogens with two attached hydrogens (primary N) is 1. The van der Waals surface area contributed by atoms with Crippen molar-refractivity contribution in [3.05, 3.63) is 90.3 Å². The van der Waals surface area contributed by atoms with Crippen molar-refractivity contribution in [3.63, 3.8) is 0 Å². The van der Waals surface area contributed by atoms with E-state index in [1.165, 1.54) is 0 Å². The number of rotatable bonds is 7. The summed E-state index contributed by atoms with van der Waals surface area (Å²) in [7, 11) is 0. The van der Waals surface area contributed by atoms with Crippen LogP contribution >= 0.6 is 0 Å². The lowest BCUT2D eigenvalue weighted by Gasteiger charge is -2.14. The molecule has 2 aromatic carbocycles. The van der Waals surface area contributed by atoms with E-state index in [1.54, 1.807) is 36.7 Å². The molecule has 3 rings (SSSR count). The first-order valence-corrected chi connectivity index (χ1v) is 8.68. The maximum Gasteiger partial charge on any atom is 0.319 e. The van der Waals surface area contributed by atoms with Gasteiger partial charge in [0, 0.05) is 24.6 Å². The van der Waals surface area contributed by atoms with Gasteiger partial charge < -0.3 is 21.1 Å². The van der Waals surface area contributed by atoms with E-state index in [2.05, 4.69) is 15.6 Å². The molecule has 0 fully saturated rings. The highest BCUT2D eigenvalue weighted by Gasteiger charge is 2.07. The van der Waals surface area contributed by atoms with E-state index in [4.69, 9.17) is 10.5 Å². The lowest BCUT2D eigenvalue weighted by Crippen LogP contribution is -2.28. The predicted octanol–water partition coefficient (Wildman–Crippen LogP) is 3.48. The highest BCUT2D eigenvalue weighted by molar-refractivity contribution is 5.89. The number of benzene rings is 2. The van der Waals surface area contributed by atoms with Crippen molar-refractivity contribution < 1.29 is 9.53 Å². The standard InChI is InChI=1S/C21H22N4O2/c22-20(17-6-2-1-3-7-17)15-27-19-10-8-18(9-11-19)25-21(26)24-14-16-5-4-12-23-13-16/h1-13,20H,14-15,22H2,(H2,24,25,26)/t20-/m1/s1. The molecule has 1 aromatic heterocycles. The number of ether oxygens (including phenoxy) is 1. The lowest BCUT2D eigenvalue weighted by atomic mass is 10.1. The molecule has 0 aliphatic rings. The van der Waals surface area contributed by atoms with Crippen LogP contribution in [0.5, 0.6) is 5.75 Å². The number of urea groups is 1. The molecule has 1 heterocycles. The van der Waals surface area contributed by atoms with Gasteiger partial charge in [-0.2, -0.15) is 0 Å². The molecule has 2 amide bonds. The van der Waals surface area contributed by atoms with E-state index in [1.807, 2.05) is 42.5 Å². The van der Waals surface area contributed by atoms with Crippen LogP contribution in [0, 0.1) is 0 Å².